The van der Waals surface area contributed by atoms with Crippen LogP contribution in [0.15, 0.2) is 53.8 Å². The van der Waals surface area contributed by atoms with Gasteiger partial charge in [0.1, 0.15) is 5.60 Å². The highest BCUT2D eigenvalue weighted by molar-refractivity contribution is 5.89. The van der Waals surface area contributed by atoms with Crippen LogP contribution in [0.5, 0.6) is 0 Å². The van der Waals surface area contributed by atoms with E-state index in [4.69, 9.17) is 4.74 Å². The van der Waals surface area contributed by atoms with Gasteiger partial charge in [-0.25, -0.2) is 4.79 Å². The summed E-state index contributed by atoms with van der Waals surface area (Å²) in [6.07, 6.45) is -0.968. The van der Waals surface area contributed by atoms with E-state index in [1.54, 1.807) is 20.8 Å². The predicted octanol–water partition coefficient (Wildman–Crippen LogP) is 3.92. The molecule has 0 fully saturated rings. The molecule has 1 aromatic rings. The minimum Gasteiger partial charge on any atom is -0.549 e. The largest absolute Gasteiger partial charge is 0.549 e. The minimum atomic E-state index is -4.51. The highest BCUT2D eigenvalue weighted by Gasteiger charge is 2.38. The lowest BCUT2D eigenvalue weighted by Gasteiger charge is -2.31. The van der Waals surface area contributed by atoms with Gasteiger partial charge < -0.3 is 14.6 Å². The lowest BCUT2D eigenvalue weighted by molar-refractivity contribution is -0.313. The molecule has 0 spiro atoms. The van der Waals surface area contributed by atoms with Crippen LogP contribution in [-0.2, 0) is 15.7 Å². The normalized spacial score (nSPS) is 21.4. The molecule has 1 amide bonds. The number of carbonyl (C=O) groups excluding carboxylic acids is 2. The molecule has 30 heavy (non-hydrogen) atoms. The summed E-state index contributed by atoms with van der Waals surface area (Å²) >= 11 is 0. The van der Waals surface area contributed by atoms with Crippen LogP contribution in [-0.4, -0.2) is 29.1 Å². The Bertz CT molecular complexity index is 998. The van der Waals surface area contributed by atoms with E-state index in [1.807, 2.05) is 0 Å². The number of alkyl halides is 3. The second kappa shape index (κ2) is 7.04. The number of amides is 1. The van der Waals surface area contributed by atoms with Gasteiger partial charge in [-0.2, -0.15) is 13.2 Å². The Hall–Kier alpha value is -3.03. The number of hydrogen-bond acceptors (Lipinski definition) is 4. The van der Waals surface area contributed by atoms with Gasteiger partial charge in [-0.15, -0.1) is 0 Å². The summed E-state index contributed by atoms with van der Waals surface area (Å²) in [5.74, 6) is -1.36. The van der Waals surface area contributed by atoms with Crippen LogP contribution in [0.4, 0.5) is 18.0 Å². The molecule has 1 unspecified atom stereocenters. The van der Waals surface area contributed by atoms with Crippen LogP contribution in [0.3, 0.4) is 0 Å². The third-order valence-electron chi connectivity index (χ3n) is 4.83. The molecular weight excluding hydrogens is 399 g/mol. The number of nitrogens with zero attached hydrogens (tertiary/aromatic N) is 1. The number of fused-ring (bicyclic) bond motifs is 1. The van der Waals surface area contributed by atoms with E-state index in [1.165, 1.54) is 42.2 Å². The minimum absolute atomic E-state index is 0.0507. The Morgan fingerprint density at radius 3 is 2.43 bits per heavy atom. The molecule has 1 heterocycles. The van der Waals surface area contributed by atoms with E-state index in [2.05, 4.69) is 0 Å². The molecule has 0 aromatic heterocycles. The van der Waals surface area contributed by atoms with E-state index in [-0.39, 0.29) is 12.2 Å². The second-order valence-electron chi connectivity index (χ2n) is 8.47. The maximum absolute atomic E-state index is 13.2. The third kappa shape index (κ3) is 4.13. The van der Waals surface area contributed by atoms with Crippen molar-refractivity contribution in [1.29, 1.82) is 0 Å². The summed E-state index contributed by atoms with van der Waals surface area (Å²) in [7, 11) is 0. The predicted molar refractivity (Wildman–Crippen MR) is 102 cm³/mol. The standard InChI is InChI=1S/C22H22F3NO4/c1-20(2,3)30-19(29)26-12-16(13-6-5-7-14(10-13)22(23,24)25)15-8-9-21(4,18(27)28)11-17(15)26/h5-11H,12H2,1-4H3,(H,27,28)/p-1. The zero-order valence-electron chi connectivity index (χ0n) is 17.0. The van der Waals surface area contributed by atoms with Crippen LogP contribution in [0.2, 0.25) is 0 Å². The highest BCUT2D eigenvalue weighted by Crippen LogP contribution is 2.43. The fraction of sp³-hybridized carbons (Fsp3) is 0.364. The Kier molecular flexibility index (Phi) is 5.08. The van der Waals surface area contributed by atoms with Crippen molar-refractivity contribution in [3.63, 3.8) is 0 Å². The highest BCUT2D eigenvalue weighted by atomic mass is 19.4. The van der Waals surface area contributed by atoms with Gasteiger partial charge in [0.15, 0.2) is 0 Å². The molecular formula is C22H21F3NO4-. The summed E-state index contributed by atoms with van der Waals surface area (Å²) in [4.78, 5) is 25.6. The molecule has 160 valence electrons. The van der Waals surface area contributed by atoms with Crippen molar-refractivity contribution in [2.75, 3.05) is 6.54 Å². The first-order valence-corrected chi connectivity index (χ1v) is 9.26. The van der Waals surface area contributed by atoms with Gasteiger partial charge in [0.25, 0.3) is 0 Å². The molecule has 0 bridgehead atoms. The molecule has 1 aliphatic carbocycles. The lowest BCUT2D eigenvalue weighted by Crippen LogP contribution is -2.40. The molecule has 0 saturated carbocycles. The Labute approximate surface area is 172 Å². The quantitative estimate of drug-likeness (QED) is 0.727. The Balaban J connectivity index is 2.11. The number of carboxylic acid groups (broad SMARTS) is 1. The number of halogens is 3. The van der Waals surface area contributed by atoms with Gasteiger partial charge in [-0.3, -0.25) is 4.90 Å². The summed E-state index contributed by atoms with van der Waals surface area (Å²) < 4.78 is 44.9. The van der Waals surface area contributed by atoms with Crippen molar-refractivity contribution >= 4 is 17.6 Å². The molecule has 1 aromatic carbocycles. The van der Waals surface area contributed by atoms with Crippen LogP contribution < -0.4 is 5.11 Å². The maximum Gasteiger partial charge on any atom is 0.416 e. The van der Waals surface area contributed by atoms with Crippen LogP contribution in [0, 0.1) is 5.41 Å². The Morgan fingerprint density at radius 2 is 1.87 bits per heavy atom. The molecule has 1 aliphatic heterocycles. The van der Waals surface area contributed by atoms with Crippen molar-refractivity contribution in [2.24, 2.45) is 5.41 Å². The number of carbonyl (C=O) groups is 2. The fourth-order valence-electron chi connectivity index (χ4n) is 3.30. The molecule has 0 radical (unpaired) electrons. The van der Waals surface area contributed by atoms with E-state index >= 15 is 0 Å². The van der Waals surface area contributed by atoms with Crippen LogP contribution in [0.1, 0.15) is 38.8 Å². The number of carboxylic acids is 1. The van der Waals surface area contributed by atoms with Gasteiger partial charge in [-0.1, -0.05) is 24.3 Å². The topological polar surface area (TPSA) is 69.7 Å². The number of rotatable bonds is 2. The number of ether oxygens (including phenoxy) is 1. The van der Waals surface area contributed by atoms with Crippen LogP contribution >= 0.6 is 0 Å². The van der Waals surface area contributed by atoms with Gasteiger partial charge in [-0.05, 0) is 57.0 Å². The van der Waals surface area contributed by atoms with Crippen molar-refractivity contribution in [2.45, 2.75) is 39.5 Å². The van der Waals surface area contributed by atoms with E-state index in [0.29, 0.717) is 16.7 Å². The van der Waals surface area contributed by atoms with Crippen molar-refractivity contribution in [3.8, 4) is 0 Å². The molecule has 8 heteroatoms. The summed E-state index contributed by atoms with van der Waals surface area (Å²) in [5.41, 5.74) is -1.59. The van der Waals surface area contributed by atoms with Gasteiger partial charge >= 0.3 is 12.3 Å². The number of hydrogen-bond donors (Lipinski definition) is 0. The van der Waals surface area contributed by atoms with E-state index < -0.39 is 34.8 Å². The maximum atomic E-state index is 13.2. The van der Waals surface area contributed by atoms with Crippen LogP contribution in [0.25, 0.3) is 5.57 Å². The van der Waals surface area contributed by atoms with Gasteiger partial charge in [0, 0.05) is 11.0 Å². The zero-order valence-corrected chi connectivity index (χ0v) is 17.0. The fourth-order valence-corrected chi connectivity index (χ4v) is 3.30. The number of allylic oxidation sites excluding steroid dienone is 1. The van der Waals surface area contributed by atoms with E-state index in [9.17, 15) is 27.9 Å². The third-order valence-corrected chi connectivity index (χ3v) is 4.83. The number of benzene rings is 1. The van der Waals surface area contributed by atoms with Gasteiger partial charge in [0.05, 0.1) is 23.8 Å². The molecule has 0 N–H and O–H groups in total. The smallest absolute Gasteiger partial charge is 0.416 e. The molecule has 1 atom stereocenters. The number of aliphatic carboxylic acids is 1. The first-order valence-electron chi connectivity index (χ1n) is 9.26. The summed E-state index contributed by atoms with van der Waals surface area (Å²) in [6.45, 7) is 6.42. The van der Waals surface area contributed by atoms with Crippen molar-refractivity contribution in [3.05, 3.63) is 64.9 Å². The first-order chi connectivity index (χ1) is 13.7. The van der Waals surface area contributed by atoms with E-state index in [0.717, 1.165) is 12.1 Å². The summed E-state index contributed by atoms with van der Waals surface area (Å²) in [6, 6.07) is 4.80. The molecule has 0 saturated heterocycles. The molecule has 2 aliphatic rings. The van der Waals surface area contributed by atoms with Gasteiger partial charge in [0.2, 0.25) is 0 Å². The summed E-state index contributed by atoms with van der Waals surface area (Å²) in [5, 5.41) is 11.6. The SMILES string of the molecule is CC(C)(C)OC(=O)N1CC(c2cccc(C(F)(F)F)c2)=C2C=CC(C)(C(=O)[O-])C=C21. The molecule has 3 rings (SSSR count). The average Bonchev–Trinajstić information content (AvgIpc) is 2.98. The van der Waals surface area contributed by atoms with Crippen molar-refractivity contribution < 1.29 is 32.6 Å². The lowest BCUT2D eigenvalue weighted by atomic mass is 9.83. The Morgan fingerprint density at radius 1 is 1.20 bits per heavy atom. The van der Waals surface area contributed by atoms with Crippen molar-refractivity contribution in [1.82, 2.24) is 4.90 Å². The molecule has 5 nitrogen and oxygen atoms in total. The monoisotopic (exact) mass is 420 g/mol. The second-order valence-corrected chi connectivity index (χ2v) is 8.47. The zero-order chi connectivity index (χ0) is 22.5. The first kappa shape index (κ1) is 21.7. The average molecular weight is 420 g/mol.